The summed E-state index contributed by atoms with van der Waals surface area (Å²) in [6, 6.07) is 0. The lowest BCUT2D eigenvalue weighted by Gasteiger charge is -2.12. The standard InChI is InChI=1S/C6H12N2O.ClH/c7-3-5-8-4-1-2-6(8)9;/h1-5,7H2;1H. The fraction of sp³-hybridized carbons (Fsp3) is 0.833. The lowest BCUT2D eigenvalue weighted by molar-refractivity contribution is -0.127. The largest absolute Gasteiger partial charge is 0.341 e. The van der Waals surface area contributed by atoms with Gasteiger partial charge in [0, 0.05) is 26.1 Å². The van der Waals surface area contributed by atoms with Crippen molar-refractivity contribution in [3.63, 3.8) is 0 Å². The summed E-state index contributed by atoms with van der Waals surface area (Å²) in [5, 5.41) is 0. The summed E-state index contributed by atoms with van der Waals surface area (Å²) >= 11 is 0. The minimum Gasteiger partial charge on any atom is -0.341 e. The molecule has 1 saturated heterocycles. The molecule has 1 amide bonds. The quantitative estimate of drug-likeness (QED) is 0.624. The van der Waals surface area contributed by atoms with Crippen LogP contribution in [-0.2, 0) is 4.79 Å². The Bertz CT molecular complexity index is 118. The Morgan fingerprint density at radius 3 is 2.70 bits per heavy atom. The Morgan fingerprint density at radius 1 is 1.60 bits per heavy atom. The van der Waals surface area contributed by atoms with Crippen LogP contribution in [-0.4, -0.2) is 30.4 Å². The lowest BCUT2D eigenvalue weighted by atomic mass is 10.4. The number of hydrogen-bond donors (Lipinski definition) is 1. The number of carbonyl (C=O) groups excluding carboxylic acids is 1. The van der Waals surface area contributed by atoms with E-state index in [1.54, 1.807) is 0 Å². The van der Waals surface area contributed by atoms with Gasteiger partial charge in [0.2, 0.25) is 5.91 Å². The summed E-state index contributed by atoms with van der Waals surface area (Å²) in [6.45, 7) is 2.24. The summed E-state index contributed by atoms with van der Waals surface area (Å²) < 4.78 is 0. The van der Waals surface area contributed by atoms with Crippen molar-refractivity contribution in [2.45, 2.75) is 12.8 Å². The average Bonchev–Trinajstić information content (AvgIpc) is 2.18. The first kappa shape index (κ1) is 9.72. The van der Waals surface area contributed by atoms with Crippen molar-refractivity contribution in [1.82, 2.24) is 4.90 Å². The molecule has 1 rings (SSSR count). The maximum Gasteiger partial charge on any atom is 0.222 e. The molecule has 1 aliphatic rings. The van der Waals surface area contributed by atoms with Crippen molar-refractivity contribution >= 4 is 18.3 Å². The number of nitrogens with two attached hydrogens (primary N) is 1. The predicted molar refractivity (Wildman–Crippen MR) is 42.1 cm³/mol. The fourth-order valence-corrected chi connectivity index (χ4v) is 1.10. The highest BCUT2D eigenvalue weighted by Gasteiger charge is 2.18. The number of halogens is 1. The van der Waals surface area contributed by atoms with Gasteiger partial charge in [-0.25, -0.2) is 0 Å². The fourth-order valence-electron chi connectivity index (χ4n) is 1.10. The molecule has 0 saturated carbocycles. The molecule has 0 aromatic heterocycles. The molecule has 4 heteroatoms. The monoisotopic (exact) mass is 164 g/mol. The topological polar surface area (TPSA) is 46.3 Å². The molecule has 0 unspecified atom stereocenters. The highest BCUT2D eigenvalue weighted by molar-refractivity contribution is 5.85. The van der Waals surface area contributed by atoms with Crippen molar-refractivity contribution in [1.29, 1.82) is 0 Å². The van der Waals surface area contributed by atoms with Gasteiger partial charge in [0.25, 0.3) is 0 Å². The zero-order chi connectivity index (χ0) is 6.69. The predicted octanol–water partition coefficient (Wildman–Crippen LogP) is -0.0107. The molecule has 0 aromatic carbocycles. The van der Waals surface area contributed by atoms with E-state index in [1.165, 1.54) is 0 Å². The minimum atomic E-state index is 0. The molecular formula is C6H13ClN2O. The second-order valence-electron chi connectivity index (χ2n) is 2.27. The summed E-state index contributed by atoms with van der Waals surface area (Å²) in [7, 11) is 0. The van der Waals surface area contributed by atoms with Gasteiger partial charge in [0.15, 0.2) is 0 Å². The van der Waals surface area contributed by atoms with Gasteiger partial charge in [-0.05, 0) is 6.42 Å². The van der Waals surface area contributed by atoms with Gasteiger partial charge in [0.05, 0.1) is 0 Å². The van der Waals surface area contributed by atoms with Crippen LogP contribution in [0.3, 0.4) is 0 Å². The number of rotatable bonds is 2. The Balaban J connectivity index is 0.000000810. The highest BCUT2D eigenvalue weighted by Crippen LogP contribution is 2.07. The van der Waals surface area contributed by atoms with Crippen LogP contribution in [0.25, 0.3) is 0 Å². The van der Waals surface area contributed by atoms with Gasteiger partial charge in [-0.3, -0.25) is 4.79 Å². The second-order valence-corrected chi connectivity index (χ2v) is 2.27. The molecule has 1 fully saturated rings. The molecule has 3 nitrogen and oxygen atoms in total. The zero-order valence-corrected chi connectivity index (χ0v) is 6.69. The van der Waals surface area contributed by atoms with Gasteiger partial charge >= 0.3 is 0 Å². The molecule has 0 spiro atoms. The van der Waals surface area contributed by atoms with Crippen LogP contribution in [0.2, 0.25) is 0 Å². The summed E-state index contributed by atoms with van der Waals surface area (Å²) in [6.07, 6.45) is 1.73. The molecule has 0 bridgehead atoms. The van der Waals surface area contributed by atoms with Crippen LogP contribution < -0.4 is 5.73 Å². The Morgan fingerprint density at radius 2 is 2.30 bits per heavy atom. The lowest BCUT2D eigenvalue weighted by Crippen LogP contribution is -2.30. The number of hydrogen-bond acceptors (Lipinski definition) is 2. The molecule has 60 valence electrons. The van der Waals surface area contributed by atoms with Crippen molar-refractivity contribution in [3.8, 4) is 0 Å². The molecule has 1 aliphatic heterocycles. The number of likely N-dealkylation sites (tertiary alicyclic amines) is 1. The first-order chi connectivity index (χ1) is 4.34. The number of carbonyl (C=O) groups is 1. The smallest absolute Gasteiger partial charge is 0.222 e. The van der Waals surface area contributed by atoms with Crippen LogP contribution in [0.15, 0.2) is 0 Å². The molecule has 10 heavy (non-hydrogen) atoms. The van der Waals surface area contributed by atoms with E-state index in [9.17, 15) is 4.79 Å². The molecule has 0 atom stereocenters. The van der Waals surface area contributed by atoms with Crippen molar-refractivity contribution in [2.75, 3.05) is 19.6 Å². The third kappa shape index (κ3) is 2.15. The van der Waals surface area contributed by atoms with Crippen molar-refractivity contribution in [2.24, 2.45) is 5.73 Å². The van der Waals surface area contributed by atoms with Crippen molar-refractivity contribution < 1.29 is 4.79 Å². The number of nitrogens with zero attached hydrogens (tertiary/aromatic N) is 1. The highest BCUT2D eigenvalue weighted by atomic mass is 35.5. The van der Waals surface area contributed by atoms with E-state index < -0.39 is 0 Å². The third-order valence-corrected chi connectivity index (χ3v) is 1.57. The van der Waals surface area contributed by atoms with Crippen LogP contribution in [0.5, 0.6) is 0 Å². The van der Waals surface area contributed by atoms with Crippen LogP contribution in [0, 0.1) is 0 Å². The van der Waals surface area contributed by atoms with E-state index in [4.69, 9.17) is 5.73 Å². The normalized spacial score (nSPS) is 17.3. The van der Waals surface area contributed by atoms with E-state index in [0.717, 1.165) is 25.9 Å². The maximum absolute atomic E-state index is 10.8. The molecule has 1 heterocycles. The molecule has 0 aromatic rings. The van der Waals surface area contributed by atoms with Gasteiger partial charge in [-0.15, -0.1) is 12.4 Å². The Kier molecular flexibility index (Phi) is 4.40. The summed E-state index contributed by atoms with van der Waals surface area (Å²) in [4.78, 5) is 12.7. The van der Waals surface area contributed by atoms with Crippen molar-refractivity contribution in [3.05, 3.63) is 0 Å². The Hall–Kier alpha value is -0.280. The van der Waals surface area contributed by atoms with E-state index >= 15 is 0 Å². The van der Waals surface area contributed by atoms with Gasteiger partial charge in [0.1, 0.15) is 0 Å². The van der Waals surface area contributed by atoms with Gasteiger partial charge in [-0.2, -0.15) is 0 Å². The van der Waals surface area contributed by atoms with Crippen LogP contribution in [0.1, 0.15) is 12.8 Å². The number of amides is 1. The first-order valence-corrected chi connectivity index (χ1v) is 3.32. The minimum absolute atomic E-state index is 0. The van der Waals surface area contributed by atoms with Crippen LogP contribution in [0.4, 0.5) is 0 Å². The summed E-state index contributed by atoms with van der Waals surface area (Å²) in [5.74, 6) is 0.264. The molecule has 2 N–H and O–H groups in total. The third-order valence-electron chi connectivity index (χ3n) is 1.57. The van der Waals surface area contributed by atoms with E-state index in [2.05, 4.69) is 0 Å². The van der Waals surface area contributed by atoms with Crippen LogP contribution >= 0.6 is 12.4 Å². The summed E-state index contributed by atoms with van der Waals surface area (Å²) in [5.41, 5.74) is 5.28. The average molecular weight is 165 g/mol. The van der Waals surface area contributed by atoms with E-state index in [0.29, 0.717) is 6.54 Å². The maximum atomic E-state index is 10.8. The second kappa shape index (κ2) is 4.52. The zero-order valence-electron chi connectivity index (χ0n) is 5.88. The van der Waals surface area contributed by atoms with E-state index in [1.807, 2.05) is 4.90 Å². The van der Waals surface area contributed by atoms with Gasteiger partial charge in [-0.1, -0.05) is 0 Å². The first-order valence-electron chi connectivity index (χ1n) is 3.32. The SMILES string of the molecule is Cl.NCCN1CCCC1=O. The van der Waals surface area contributed by atoms with E-state index in [-0.39, 0.29) is 18.3 Å². The Labute approximate surface area is 67.0 Å². The molecular weight excluding hydrogens is 152 g/mol. The van der Waals surface area contributed by atoms with Gasteiger partial charge < -0.3 is 10.6 Å². The molecule has 0 aliphatic carbocycles. The molecule has 0 radical (unpaired) electrons.